The number of amides is 1. The van der Waals surface area contributed by atoms with Crippen molar-refractivity contribution in [2.24, 2.45) is 11.3 Å². The van der Waals surface area contributed by atoms with Gasteiger partial charge in [0.15, 0.2) is 5.69 Å². The van der Waals surface area contributed by atoms with Crippen LogP contribution in [0.25, 0.3) is 0 Å². The monoisotopic (exact) mass is 320 g/mol. The maximum absolute atomic E-state index is 12.8. The highest BCUT2D eigenvalue weighted by atomic mass is 16.5. The summed E-state index contributed by atoms with van der Waals surface area (Å²) < 4.78 is 5.38. The first-order valence-electron chi connectivity index (χ1n) is 8.46. The Hall–Kier alpha value is -1.85. The van der Waals surface area contributed by atoms with Gasteiger partial charge < -0.3 is 14.5 Å². The molecule has 0 saturated carbocycles. The van der Waals surface area contributed by atoms with E-state index in [1.54, 1.807) is 4.90 Å². The zero-order valence-corrected chi connectivity index (χ0v) is 13.8. The van der Waals surface area contributed by atoms with E-state index in [2.05, 4.69) is 5.16 Å². The van der Waals surface area contributed by atoms with Gasteiger partial charge in [-0.05, 0) is 31.6 Å². The molecule has 1 atom stereocenters. The van der Waals surface area contributed by atoms with E-state index in [1.807, 2.05) is 13.8 Å². The topological polar surface area (TPSA) is 83.6 Å². The summed E-state index contributed by atoms with van der Waals surface area (Å²) in [7, 11) is 0. The molecule has 2 aliphatic rings. The molecule has 6 heteroatoms. The molecule has 1 N–H and O–H groups in total. The van der Waals surface area contributed by atoms with E-state index in [1.165, 1.54) is 0 Å². The van der Waals surface area contributed by atoms with Gasteiger partial charge in [-0.1, -0.05) is 25.4 Å². The number of aliphatic carboxylic acids is 1. The summed E-state index contributed by atoms with van der Waals surface area (Å²) in [6, 6.07) is 0. The summed E-state index contributed by atoms with van der Waals surface area (Å²) in [5.74, 6) is -0.187. The number of carboxylic acids is 1. The van der Waals surface area contributed by atoms with Crippen molar-refractivity contribution < 1.29 is 19.2 Å². The Morgan fingerprint density at radius 3 is 2.65 bits per heavy atom. The molecule has 1 unspecified atom stereocenters. The molecule has 23 heavy (non-hydrogen) atoms. The number of carbonyl (C=O) groups is 2. The third-order valence-electron chi connectivity index (χ3n) is 5.52. The molecule has 2 heterocycles. The number of aryl methyl sites for hydroxylation is 1. The Bertz CT molecular complexity index is 622. The van der Waals surface area contributed by atoms with Gasteiger partial charge >= 0.3 is 5.97 Å². The molecule has 1 fully saturated rings. The van der Waals surface area contributed by atoms with Gasteiger partial charge in [-0.15, -0.1) is 0 Å². The van der Waals surface area contributed by atoms with Gasteiger partial charge in [0, 0.05) is 25.1 Å². The minimum atomic E-state index is -0.851. The number of carboxylic acid groups (broad SMARTS) is 1. The molecular formula is C17H24N2O4. The summed E-state index contributed by atoms with van der Waals surface area (Å²) in [6.07, 6.45) is 5.39. The van der Waals surface area contributed by atoms with E-state index in [4.69, 9.17) is 4.52 Å². The predicted octanol–water partition coefficient (Wildman–Crippen LogP) is 2.52. The van der Waals surface area contributed by atoms with Crippen molar-refractivity contribution in [3.8, 4) is 0 Å². The predicted molar refractivity (Wildman–Crippen MR) is 83.2 cm³/mol. The molecule has 0 spiro atoms. The third-order valence-corrected chi connectivity index (χ3v) is 5.52. The minimum Gasteiger partial charge on any atom is -0.481 e. The first-order chi connectivity index (χ1) is 11.0. The lowest BCUT2D eigenvalue weighted by Gasteiger charge is -2.28. The van der Waals surface area contributed by atoms with Gasteiger partial charge in [0.2, 0.25) is 0 Å². The van der Waals surface area contributed by atoms with Crippen LogP contribution in [-0.4, -0.2) is 40.1 Å². The molecule has 1 aromatic rings. The first kappa shape index (κ1) is 16.0. The van der Waals surface area contributed by atoms with Crippen LogP contribution >= 0.6 is 0 Å². The fourth-order valence-corrected chi connectivity index (χ4v) is 3.78. The Morgan fingerprint density at radius 1 is 1.26 bits per heavy atom. The van der Waals surface area contributed by atoms with Crippen molar-refractivity contribution in [2.75, 3.05) is 13.1 Å². The van der Waals surface area contributed by atoms with Crippen LogP contribution in [0.4, 0.5) is 0 Å². The second-order valence-corrected chi connectivity index (χ2v) is 7.09. The fraction of sp³-hybridized carbons (Fsp3) is 0.706. The molecule has 126 valence electrons. The highest BCUT2D eigenvalue weighted by molar-refractivity contribution is 5.94. The van der Waals surface area contributed by atoms with Crippen molar-refractivity contribution in [3.05, 3.63) is 17.0 Å². The highest BCUT2D eigenvalue weighted by Gasteiger charge is 2.49. The molecule has 1 aromatic heterocycles. The standard InChI is InChI=1S/C17H24N2O4/c1-11(2)17(16(21)22)8-9-19(10-17)15(20)14-12-6-4-3-5-7-13(12)23-18-14/h11H,3-10H2,1-2H3,(H,21,22). The van der Waals surface area contributed by atoms with Gasteiger partial charge in [0.05, 0.1) is 5.41 Å². The summed E-state index contributed by atoms with van der Waals surface area (Å²) in [5, 5.41) is 13.6. The minimum absolute atomic E-state index is 0.0211. The van der Waals surface area contributed by atoms with E-state index in [9.17, 15) is 14.7 Å². The largest absolute Gasteiger partial charge is 0.481 e. The average Bonchev–Trinajstić information content (AvgIpc) is 3.06. The van der Waals surface area contributed by atoms with Gasteiger partial charge in [-0.2, -0.15) is 0 Å². The number of nitrogens with zero attached hydrogens (tertiary/aromatic N) is 2. The Kier molecular flexibility index (Phi) is 4.17. The Balaban J connectivity index is 1.83. The number of hydrogen-bond acceptors (Lipinski definition) is 4. The van der Waals surface area contributed by atoms with Crippen LogP contribution in [0.15, 0.2) is 4.52 Å². The maximum Gasteiger partial charge on any atom is 0.311 e. The van der Waals surface area contributed by atoms with E-state index in [0.717, 1.165) is 43.4 Å². The summed E-state index contributed by atoms with van der Waals surface area (Å²) >= 11 is 0. The lowest BCUT2D eigenvalue weighted by molar-refractivity contribution is -0.150. The van der Waals surface area contributed by atoms with Crippen molar-refractivity contribution in [1.82, 2.24) is 10.1 Å². The Labute approximate surface area is 135 Å². The lowest BCUT2D eigenvalue weighted by Crippen LogP contribution is -2.40. The number of fused-ring (bicyclic) bond motifs is 1. The maximum atomic E-state index is 12.8. The van der Waals surface area contributed by atoms with Gasteiger partial charge in [-0.25, -0.2) is 0 Å². The molecule has 1 saturated heterocycles. The quantitative estimate of drug-likeness (QED) is 0.865. The second kappa shape index (κ2) is 5.98. The number of carbonyl (C=O) groups excluding carboxylic acids is 1. The van der Waals surface area contributed by atoms with Crippen molar-refractivity contribution in [2.45, 2.75) is 52.4 Å². The number of hydrogen-bond donors (Lipinski definition) is 1. The van der Waals surface area contributed by atoms with Gasteiger partial charge in [0.25, 0.3) is 5.91 Å². The van der Waals surface area contributed by atoms with Crippen LogP contribution in [-0.2, 0) is 17.6 Å². The normalized spacial score (nSPS) is 24.6. The molecule has 1 amide bonds. The van der Waals surface area contributed by atoms with E-state index < -0.39 is 11.4 Å². The van der Waals surface area contributed by atoms with Gasteiger partial charge in [-0.3, -0.25) is 9.59 Å². The van der Waals surface area contributed by atoms with Crippen LogP contribution in [0.3, 0.4) is 0 Å². The smallest absolute Gasteiger partial charge is 0.311 e. The lowest BCUT2D eigenvalue weighted by atomic mass is 9.76. The van der Waals surface area contributed by atoms with Crippen LogP contribution in [0.1, 0.15) is 61.3 Å². The average molecular weight is 320 g/mol. The van der Waals surface area contributed by atoms with Crippen LogP contribution in [0.5, 0.6) is 0 Å². The molecule has 6 nitrogen and oxygen atoms in total. The number of aromatic nitrogens is 1. The van der Waals surface area contributed by atoms with E-state index in [0.29, 0.717) is 18.7 Å². The summed E-state index contributed by atoms with van der Waals surface area (Å²) in [5.41, 5.74) is 0.479. The van der Waals surface area contributed by atoms with E-state index >= 15 is 0 Å². The second-order valence-electron chi connectivity index (χ2n) is 7.09. The zero-order valence-electron chi connectivity index (χ0n) is 13.8. The van der Waals surface area contributed by atoms with Crippen molar-refractivity contribution in [3.63, 3.8) is 0 Å². The molecule has 0 aromatic carbocycles. The zero-order chi connectivity index (χ0) is 16.6. The molecule has 1 aliphatic heterocycles. The van der Waals surface area contributed by atoms with Crippen LogP contribution in [0, 0.1) is 11.3 Å². The molecule has 0 bridgehead atoms. The SMILES string of the molecule is CC(C)C1(C(=O)O)CCN(C(=O)c2noc3c2CCCCC3)C1. The summed E-state index contributed by atoms with van der Waals surface area (Å²) in [4.78, 5) is 26.2. The van der Waals surface area contributed by atoms with Crippen molar-refractivity contribution in [1.29, 1.82) is 0 Å². The third kappa shape index (κ3) is 2.64. The molecule has 1 aliphatic carbocycles. The highest BCUT2D eigenvalue weighted by Crippen LogP contribution is 2.39. The molecular weight excluding hydrogens is 296 g/mol. The number of likely N-dealkylation sites (tertiary alicyclic amines) is 1. The molecule has 3 rings (SSSR count). The Morgan fingerprint density at radius 2 is 2.00 bits per heavy atom. The fourth-order valence-electron chi connectivity index (χ4n) is 3.78. The number of rotatable bonds is 3. The molecule has 0 radical (unpaired) electrons. The first-order valence-corrected chi connectivity index (χ1v) is 8.46. The van der Waals surface area contributed by atoms with Crippen LogP contribution in [0.2, 0.25) is 0 Å². The van der Waals surface area contributed by atoms with Crippen molar-refractivity contribution >= 4 is 11.9 Å². The summed E-state index contributed by atoms with van der Waals surface area (Å²) in [6.45, 7) is 4.53. The van der Waals surface area contributed by atoms with E-state index in [-0.39, 0.29) is 18.4 Å². The van der Waals surface area contributed by atoms with Crippen LogP contribution < -0.4 is 0 Å². The van der Waals surface area contributed by atoms with Gasteiger partial charge in [0.1, 0.15) is 5.76 Å².